The number of ketones is 1. The lowest BCUT2D eigenvalue weighted by Crippen LogP contribution is -2.20. The van der Waals surface area contributed by atoms with Crippen LogP contribution in [0.1, 0.15) is 32.4 Å². The number of rotatable bonds is 4. The summed E-state index contributed by atoms with van der Waals surface area (Å²) in [5.41, 5.74) is 5.17. The van der Waals surface area contributed by atoms with E-state index in [9.17, 15) is 19.8 Å². The van der Waals surface area contributed by atoms with Crippen LogP contribution in [0.2, 0.25) is 0 Å². The van der Waals surface area contributed by atoms with Crippen LogP contribution in [0.4, 0.5) is 0 Å². The first kappa shape index (κ1) is 13.8. The molecule has 0 radical (unpaired) electrons. The molecular formula is C15H13NO4. The van der Waals surface area contributed by atoms with Gasteiger partial charge in [0.2, 0.25) is 0 Å². The number of carbonyl (C=O) groups is 2. The van der Waals surface area contributed by atoms with Crippen molar-refractivity contribution in [1.29, 1.82) is 0 Å². The smallest absolute Gasteiger partial charge is 0.253 e. The fraction of sp³-hybridized carbons (Fsp3) is 0.0667. The monoisotopic (exact) mass is 271 g/mol. The Kier molecular flexibility index (Phi) is 3.81. The van der Waals surface area contributed by atoms with Crippen LogP contribution < -0.4 is 5.73 Å². The number of hydrogen-bond acceptors (Lipinski definition) is 4. The first-order valence-electron chi connectivity index (χ1n) is 5.91. The molecule has 4 N–H and O–H groups in total. The Bertz CT molecular complexity index is 652. The summed E-state index contributed by atoms with van der Waals surface area (Å²) in [4.78, 5) is 23.6. The van der Waals surface area contributed by atoms with Gasteiger partial charge in [-0.2, -0.15) is 0 Å². The number of phenols is 1. The topological polar surface area (TPSA) is 101 Å². The number of benzene rings is 2. The Morgan fingerprint density at radius 1 is 1.00 bits per heavy atom. The number of carbonyl (C=O) groups excluding carboxylic acids is 2. The Balaban J connectivity index is 2.44. The molecule has 0 saturated heterocycles. The first-order chi connectivity index (χ1) is 9.52. The average Bonchev–Trinajstić information content (AvgIpc) is 2.46. The van der Waals surface area contributed by atoms with Gasteiger partial charge in [-0.05, 0) is 11.6 Å². The number of amides is 1. The Morgan fingerprint density at radius 2 is 1.65 bits per heavy atom. The molecule has 0 saturated carbocycles. The van der Waals surface area contributed by atoms with E-state index in [1.165, 1.54) is 18.2 Å². The van der Waals surface area contributed by atoms with Crippen molar-refractivity contribution >= 4 is 11.7 Å². The molecule has 0 aliphatic carbocycles. The summed E-state index contributed by atoms with van der Waals surface area (Å²) in [6.45, 7) is 0. The van der Waals surface area contributed by atoms with Gasteiger partial charge in [0.25, 0.3) is 5.91 Å². The van der Waals surface area contributed by atoms with Crippen LogP contribution in [0.15, 0.2) is 48.5 Å². The van der Waals surface area contributed by atoms with Crippen LogP contribution in [-0.4, -0.2) is 21.9 Å². The molecule has 102 valence electrons. The minimum absolute atomic E-state index is 0.103. The maximum absolute atomic E-state index is 12.3. The summed E-state index contributed by atoms with van der Waals surface area (Å²) in [7, 11) is 0. The highest BCUT2D eigenvalue weighted by Crippen LogP contribution is 2.25. The van der Waals surface area contributed by atoms with Crippen LogP contribution in [0.5, 0.6) is 5.75 Å². The second-order valence-corrected chi connectivity index (χ2v) is 4.24. The first-order valence-corrected chi connectivity index (χ1v) is 5.91. The van der Waals surface area contributed by atoms with E-state index in [0.717, 1.165) is 0 Å². The molecule has 0 fully saturated rings. The van der Waals surface area contributed by atoms with Crippen molar-refractivity contribution in [1.82, 2.24) is 0 Å². The number of aliphatic hydroxyl groups excluding tert-OH is 1. The van der Waals surface area contributed by atoms with E-state index >= 15 is 0 Å². The van der Waals surface area contributed by atoms with Crippen molar-refractivity contribution in [3.05, 3.63) is 65.2 Å². The molecule has 0 bridgehead atoms. The number of hydrogen-bond donors (Lipinski definition) is 3. The third-order valence-corrected chi connectivity index (χ3v) is 2.92. The molecule has 20 heavy (non-hydrogen) atoms. The molecule has 0 aliphatic heterocycles. The molecule has 0 aromatic heterocycles. The summed E-state index contributed by atoms with van der Waals surface area (Å²) in [6.07, 6.45) is -1.42. The van der Waals surface area contributed by atoms with Crippen molar-refractivity contribution in [2.24, 2.45) is 5.73 Å². The normalized spacial score (nSPS) is 11.8. The number of aliphatic hydroxyl groups is 1. The van der Waals surface area contributed by atoms with Gasteiger partial charge in [-0.1, -0.05) is 42.5 Å². The SMILES string of the molecule is NC(=O)c1c(O)cccc1C(=O)C(O)c1ccccc1. The van der Waals surface area contributed by atoms with Crippen LogP contribution in [-0.2, 0) is 0 Å². The van der Waals surface area contributed by atoms with E-state index < -0.39 is 17.8 Å². The minimum atomic E-state index is -1.42. The van der Waals surface area contributed by atoms with Crippen molar-refractivity contribution in [2.75, 3.05) is 0 Å². The predicted molar refractivity (Wildman–Crippen MR) is 72.4 cm³/mol. The highest BCUT2D eigenvalue weighted by molar-refractivity contribution is 6.10. The summed E-state index contributed by atoms with van der Waals surface area (Å²) < 4.78 is 0. The van der Waals surface area contributed by atoms with Gasteiger partial charge in [-0.25, -0.2) is 0 Å². The van der Waals surface area contributed by atoms with Crippen LogP contribution in [0, 0.1) is 0 Å². The fourth-order valence-corrected chi connectivity index (χ4v) is 1.94. The maximum Gasteiger partial charge on any atom is 0.253 e. The van der Waals surface area contributed by atoms with Gasteiger partial charge in [0.05, 0.1) is 5.56 Å². The zero-order valence-corrected chi connectivity index (χ0v) is 10.5. The zero-order valence-electron chi connectivity index (χ0n) is 10.5. The third-order valence-electron chi connectivity index (χ3n) is 2.92. The summed E-state index contributed by atoms with van der Waals surface area (Å²) in [6, 6.07) is 12.3. The largest absolute Gasteiger partial charge is 0.507 e. The Morgan fingerprint density at radius 3 is 2.25 bits per heavy atom. The lowest BCUT2D eigenvalue weighted by Gasteiger charge is -2.12. The van der Waals surface area contributed by atoms with Crippen LogP contribution in [0.3, 0.4) is 0 Å². The van der Waals surface area contributed by atoms with E-state index in [-0.39, 0.29) is 16.9 Å². The third kappa shape index (κ3) is 2.53. The van der Waals surface area contributed by atoms with E-state index in [1.807, 2.05) is 0 Å². The summed E-state index contributed by atoms with van der Waals surface area (Å²) in [5, 5.41) is 19.7. The molecule has 1 amide bonds. The van der Waals surface area contributed by atoms with Crippen molar-refractivity contribution in [2.45, 2.75) is 6.10 Å². The molecule has 0 heterocycles. The average molecular weight is 271 g/mol. The molecule has 5 nitrogen and oxygen atoms in total. The molecule has 2 rings (SSSR count). The lowest BCUT2D eigenvalue weighted by molar-refractivity contribution is 0.0742. The molecular weight excluding hydrogens is 258 g/mol. The standard InChI is InChI=1S/C15H13NO4/c16-15(20)12-10(7-4-8-11(12)17)14(19)13(18)9-5-2-1-3-6-9/h1-8,13,17-18H,(H2,16,20). The molecule has 2 aromatic carbocycles. The summed E-state index contributed by atoms with van der Waals surface area (Å²) >= 11 is 0. The highest BCUT2D eigenvalue weighted by Gasteiger charge is 2.25. The zero-order chi connectivity index (χ0) is 14.7. The van der Waals surface area contributed by atoms with Gasteiger partial charge in [0.15, 0.2) is 5.78 Å². The van der Waals surface area contributed by atoms with E-state index in [1.54, 1.807) is 30.3 Å². The van der Waals surface area contributed by atoms with Gasteiger partial charge < -0.3 is 15.9 Å². The van der Waals surface area contributed by atoms with Gasteiger partial charge in [0.1, 0.15) is 11.9 Å². The second kappa shape index (κ2) is 5.54. The minimum Gasteiger partial charge on any atom is -0.507 e. The molecule has 1 atom stereocenters. The van der Waals surface area contributed by atoms with Crippen molar-refractivity contribution in [3.8, 4) is 5.75 Å². The fourth-order valence-electron chi connectivity index (χ4n) is 1.94. The van der Waals surface area contributed by atoms with Crippen molar-refractivity contribution < 1.29 is 19.8 Å². The van der Waals surface area contributed by atoms with E-state index in [4.69, 9.17) is 5.73 Å². The number of nitrogens with two attached hydrogens (primary N) is 1. The number of aromatic hydroxyl groups is 1. The van der Waals surface area contributed by atoms with Gasteiger partial charge >= 0.3 is 0 Å². The maximum atomic E-state index is 12.3. The van der Waals surface area contributed by atoms with Crippen LogP contribution in [0.25, 0.3) is 0 Å². The molecule has 0 aliphatic rings. The molecule has 1 unspecified atom stereocenters. The van der Waals surface area contributed by atoms with Crippen molar-refractivity contribution in [3.63, 3.8) is 0 Å². The van der Waals surface area contributed by atoms with Gasteiger partial charge in [0, 0.05) is 5.56 Å². The summed E-state index contributed by atoms with van der Waals surface area (Å²) in [5.74, 6) is -2.00. The predicted octanol–water partition coefficient (Wildman–Crippen LogP) is 1.41. The number of primary amides is 1. The van der Waals surface area contributed by atoms with E-state index in [2.05, 4.69) is 0 Å². The highest BCUT2D eigenvalue weighted by atomic mass is 16.3. The van der Waals surface area contributed by atoms with Crippen LogP contribution >= 0.6 is 0 Å². The number of Topliss-reactive ketones (excluding diaryl/α,β-unsaturated/α-hetero) is 1. The van der Waals surface area contributed by atoms with Gasteiger partial charge in [-0.3, -0.25) is 9.59 Å². The second-order valence-electron chi connectivity index (χ2n) is 4.24. The Hall–Kier alpha value is -2.66. The molecule has 2 aromatic rings. The van der Waals surface area contributed by atoms with E-state index in [0.29, 0.717) is 5.56 Å². The Labute approximate surface area is 115 Å². The lowest BCUT2D eigenvalue weighted by atomic mass is 9.95. The quantitative estimate of drug-likeness (QED) is 0.732. The molecule has 0 spiro atoms. The molecule has 5 heteroatoms. The van der Waals surface area contributed by atoms with Gasteiger partial charge in [-0.15, -0.1) is 0 Å².